The summed E-state index contributed by atoms with van der Waals surface area (Å²) in [5.41, 5.74) is 4.63. The second kappa shape index (κ2) is 6.48. The first-order chi connectivity index (χ1) is 10.3. The van der Waals surface area contributed by atoms with Crippen LogP contribution in [0.2, 0.25) is 0 Å². The number of fused-ring (bicyclic) bond motifs is 1. The Balaban J connectivity index is 1.55. The molecule has 0 radical (unpaired) electrons. The van der Waals surface area contributed by atoms with Gasteiger partial charge in [0.1, 0.15) is 5.69 Å². The zero-order valence-corrected chi connectivity index (χ0v) is 12.0. The van der Waals surface area contributed by atoms with E-state index in [2.05, 4.69) is 33.5 Å². The number of nitrogens with zero attached hydrogens (tertiary/aromatic N) is 2. The Morgan fingerprint density at radius 2 is 2.00 bits per heavy atom. The van der Waals surface area contributed by atoms with Gasteiger partial charge in [-0.3, -0.25) is 9.78 Å². The number of benzene rings is 1. The number of aryl methyl sites for hydroxylation is 2. The maximum Gasteiger partial charge on any atom is 0.271 e. The first-order valence-corrected chi connectivity index (χ1v) is 7.48. The van der Waals surface area contributed by atoms with Crippen LogP contribution in [0.25, 0.3) is 0 Å². The van der Waals surface area contributed by atoms with E-state index in [0.717, 1.165) is 6.42 Å². The predicted octanol–water partition coefficient (Wildman–Crippen LogP) is 2.33. The molecular formula is C17H19N3O. The Kier molecular flexibility index (Phi) is 4.24. The first kappa shape index (κ1) is 13.7. The van der Waals surface area contributed by atoms with Gasteiger partial charge in [-0.05, 0) is 48.8 Å². The van der Waals surface area contributed by atoms with E-state index in [9.17, 15) is 4.79 Å². The molecule has 1 amide bonds. The summed E-state index contributed by atoms with van der Waals surface area (Å²) in [5.74, 6) is -0.166. The molecule has 0 atom stereocenters. The predicted molar refractivity (Wildman–Crippen MR) is 81.2 cm³/mol. The highest BCUT2D eigenvalue weighted by molar-refractivity contribution is 5.91. The van der Waals surface area contributed by atoms with Gasteiger partial charge >= 0.3 is 0 Å². The number of amides is 1. The van der Waals surface area contributed by atoms with Crippen LogP contribution in [-0.2, 0) is 19.3 Å². The van der Waals surface area contributed by atoms with Gasteiger partial charge in [-0.2, -0.15) is 0 Å². The molecule has 0 aliphatic heterocycles. The van der Waals surface area contributed by atoms with Crippen LogP contribution in [0.4, 0.5) is 0 Å². The molecule has 0 spiro atoms. The molecule has 3 rings (SSSR count). The van der Waals surface area contributed by atoms with Gasteiger partial charge in [-0.15, -0.1) is 0 Å². The average molecular weight is 281 g/mol. The molecule has 108 valence electrons. The Labute approximate surface area is 124 Å². The number of hydrogen-bond acceptors (Lipinski definition) is 3. The molecule has 0 saturated heterocycles. The van der Waals surface area contributed by atoms with Crippen molar-refractivity contribution in [1.29, 1.82) is 0 Å². The summed E-state index contributed by atoms with van der Waals surface area (Å²) in [6.45, 7) is 0.619. The Bertz CT molecular complexity index is 625. The summed E-state index contributed by atoms with van der Waals surface area (Å²) < 4.78 is 0. The quantitative estimate of drug-likeness (QED) is 0.935. The lowest BCUT2D eigenvalue weighted by Crippen LogP contribution is -2.26. The van der Waals surface area contributed by atoms with Gasteiger partial charge in [-0.25, -0.2) is 4.98 Å². The minimum Gasteiger partial charge on any atom is -0.350 e. The average Bonchev–Trinajstić information content (AvgIpc) is 2.55. The third kappa shape index (κ3) is 3.45. The van der Waals surface area contributed by atoms with E-state index < -0.39 is 0 Å². The zero-order chi connectivity index (χ0) is 14.5. The SMILES string of the molecule is O=C(NCCc1ccc2c(c1)CCCC2)c1cnccn1. The highest BCUT2D eigenvalue weighted by Gasteiger charge is 2.10. The number of nitrogens with one attached hydrogen (secondary N) is 1. The molecule has 2 aromatic rings. The molecule has 1 N–H and O–H groups in total. The summed E-state index contributed by atoms with van der Waals surface area (Å²) in [4.78, 5) is 19.7. The summed E-state index contributed by atoms with van der Waals surface area (Å²) in [6, 6.07) is 6.72. The van der Waals surface area contributed by atoms with E-state index >= 15 is 0 Å². The molecule has 1 aliphatic rings. The smallest absolute Gasteiger partial charge is 0.271 e. The van der Waals surface area contributed by atoms with Gasteiger partial charge in [0.2, 0.25) is 0 Å². The van der Waals surface area contributed by atoms with E-state index in [4.69, 9.17) is 0 Å². The van der Waals surface area contributed by atoms with Crippen molar-refractivity contribution in [1.82, 2.24) is 15.3 Å². The number of carbonyl (C=O) groups is 1. The number of aromatic nitrogens is 2. The number of hydrogen-bond donors (Lipinski definition) is 1. The molecule has 1 heterocycles. The lowest BCUT2D eigenvalue weighted by molar-refractivity contribution is 0.0948. The molecular weight excluding hydrogens is 262 g/mol. The van der Waals surface area contributed by atoms with Crippen molar-refractivity contribution in [2.45, 2.75) is 32.1 Å². The standard InChI is InChI=1S/C17H19N3O/c21-17(16-12-18-9-10-19-16)20-8-7-13-5-6-14-3-1-2-4-15(14)11-13/h5-6,9-12H,1-4,7-8H2,(H,20,21). The van der Waals surface area contributed by atoms with E-state index in [1.54, 1.807) is 6.20 Å². The maximum atomic E-state index is 11.9. The van der Waals surface area contributed by atoms with Crippen molar-refractivity contribution in [2.75, 3.05) is 6.54 Å². The van der Waals surface area contributed by atoms with Gasteiger partial charge in [0.05, 0.1) is 6.20 Å². The molecule has 0 bridgehead atoms. The summed E-state index contributed by atoms with van der Waals surface area (Å²) in [7, 11) is 0. The summed E-state index contributed by atoms with van der Waals surface area (Å²) in [5, 5.41) is 2.89. The minimum absolute atomic E-state index is 0.166. The fraction of sp³-hybridized carbons (Fsp3) is 0.353. The maximum absolute atomic E-state index is 11.9. The van der Waals surface area contributed by atoms with Crippen molar-refractivity contribution < 1.29 is 4.79 Å². The minimum atomic E-state index is -0.166. The van der Waals surface area contributed by atoms with E-state index in [1.807, 2.05) is 0 Å². The van der Waals surface area contributed by atoms with Gasteiger partial charge in [0, 0.05) is 18.9 Å². The van der Waals surface area contributed by atoms with E-state index in [-0.39, 0.29) is 5.91 Å². The van der Waals surface area contributed by atoms with Crippen LogP contribution in [-0.4, -0.2) is 22.4 Å². The monoisotopic (exact) mass is 281 g/mol. The van der Waals surface area contributed by atoms with Crippen LogP contribution in [0.3, 0.4) is 0 Å². The van der Waals surface area contributed by atoms with Crippen LogP contribution < -0.4 is 5.32 Å². The van der Waals surface area contributed by atoms with Crippen molar-refractivity contribution in [3.05, 3.63) is 59.2 Å². The van der Waals surface area contributed by atoms with Crippen LogP contribution in [0.5, 0.6) is 0 Å². The van der Waals surface area contributed by atoms with Crippen LogP contribution in [0.1, 0.15) is 40.0 Å². The topological polar surface area (TPSA) is 54.9 Å². The molecule has 0 unspecified atom stereocenters. The third-order valence-electron chi connectivity index (χ3n) is 3.91. The van der Waals surface area contributed by atoms with Gasteiger partial charge in [0.15, 0.2) is 0 Å². The molecule has 21 heavy (non-hydrogen) atoms. The van der Waals surface area contributed by atoms with Gasteiger partial charge in [0.25, 0.3) is 5.91 Å². The van der Waals surface area contributed by atoms with Crippen LogP contribution in [0.15, 0.2) is 36.8 Å². The highest BCUT2D eigenvalue weighted by Crippen LogP contribution is 2.22. The molecule has 0 saturated carbocycles. The van der Waals surface area contributed by atoms with E-state index in [0.29, 0.717) is 12.2 Å². The molecule has 1 aromatic heterocycles. The van der Waals surface area contributed by atoms with Crippen molar-refractivity contribution in [2.24, 2.45) is 0 Å². The molecule has 1 aliphatic carbocycles. The number of carbonyl (C=O) groups excluding carboxylic acids is 1. The second-order valence-electron chi connectivity index (χ2n) is 5.41. The highest BCUT2D eigenvalue weighted by atomic mass is 16.1. The number of rotatable bonds is 4. The third-order valence-corrected chi connectivity index (χ3v) is 3.91. The Morgan fingerprint density at radius 1 is 1.14 bits per heavy atom. The largest absolute Gasteiger partial charge is 0.350 e. The van der Waals surface area contributed by atoms with E-state index in [1.165, 1.54) is 54.8 Å². The fourth-order valence-corrected chi connectivity index (χ4v) is 2.77. The fourth-order valence-electron chi connectivity index (χ4n) is 2.77. The van der Waals surface area contributed by atoms with Gasteiger partial charge < -0.3 is 5.32 Å². The van der Waals surface area contributed by atoms with Crippen molar-refractivity contribution >= 4 is 5.91 Å². The Hall–Kier alpha value is -2.23. The molecule has 4 heteroatoms. The van der Waals surface area contributed by atoms with Crippen molar-refractivity contribution in [3.8, 4) is 0 Å². The molecule has 1 aromatic carbocycles. The van der Waals surface area contributed by atoms with Crippen LogP contribution in [0, 0.1) is 0 Å². The lowest BCUT2D eigenvalue weighted by Gasteiger charge is -2.16. The summed E-state index contributed by atoms with van der Waals surface area (Å²) >= 11 is 0. The second-order valence-corrected chi connectivity index (χ2v) is 5.41. The zero-order valence-electron chi connectivity index (χ0n) is 12.0. The Morgan fingerprint density at radius 3 is 2.81 bits per heavy atom. The summed E-state index contributed by atoms with van der Waals surface area (Å²) in [6.07, 6.45) is 10.4. The first-order valence-electron chi connectivity index (χ1n) is 7.48. The normalized spacial score (nSPS) is 13.5. The lowest BCUT2D eigenvalue weighted by atomic mass is 9.90. The van der Waals surface area contributed by atoms with Crippen LogP contribution >= 0.6 is 0 Å². The molecule has 0 fully saturated rings. The van der Waals surface area contributed by atoms with Gasteiger partial charge in [-0.1, -0.05) is 18.2 Å². The molecule has 4 nitrogen and oxygen atoms in total. The van der Waals surface area contributed by atoms with Crippen molar-refractivity contribution in [3.63, 3.8) is 0 Å².